The molecule has 1 heterocycles. The van der Waals surface area contributed by atoms with Gasteiger partial charge in [-0.05, 0) is 44.3 Å². The van der Waals surface area contributed by atoms with E-state index in [-0.39, 0.29) is 39.2 Å². The van der Waals surface area contributed by atoms with Crippen molar-refractivity contribution in [1.29, 1.82) is 0 Å². The Morgan fingerprint density at radius 1 is 1.03 bits per heavy atom. The first-order valence-corrected chi connectivity index (χ1v) is 12.7. The zero-order valence-electron chi connectivity index (χ0n) is 22.3. The third kappa shape index (κ3) is 5.65. The van der Waals surface area contributed by atoms with Gasteiger partial charge in [0, 0.05) is 13.1 Å². The first-order valence-electron chi connectivity index (χ1n) is 11.9. The number of nitrogens with zero attached hydrogens (tertiary/aromatic N) is 2. The summed E-state index contributed by atoms with van der Waals surface area (Å²) in [6.45, 7) is 3.14. The van der Waals surface area contributed by atoms with Crippen LogP contribution >= 0.6 is 23.2 Å². The Kier molecular flexibility index (Phi) is 9.76. The van der Waals surface area contributed by atoms with Gasteiger partial charge in [-0.2, -0.15) is 0 Å². The number of carbonyl (C=O) groups excluding carboxylic acids is 2. The van der Waals surface area contributed by atoms with Crippen molar-refractivity contribution in [2.24, 2.45) is 0 Å². The Balaban J connectivity index is 2.29. The number of rotatable bonds is 11. The van der Waals surface area contributed by atoms with Crippen molar-refractivity contribution in [1.82, 2.24) is 9.80 Å². The second-order valence-corrected chi connectivity index (χ2v) is 9.63. The van der Waals surface area contributed by atoms with Crippen LogP contribution in [0.2, 0.25) is 10.0 Å². The van der Waals surface area contributed by atoms with Crippen molar-refractivity contribution in [3.05, 3.63) is 51.0 Å². The first kappa shape index (κ1) is 29.4. The molecule has 0 aromatic heterocycles. The number of likely N-dealkylation sites (tertiary alicyclic amines) is 1. The molecule has 0 spiro atoms. The van der Waals surface area contributed by atoms with Crippen molar-refractivity contribution in [2.45, 2.75) is 19.4 Å². The van der Waals surface area contributed by atoms with Gasteiger partial charge in [-0.3, -0.25) is 9.59 Å². The summed E-state index contributed by atoms with van der Waals surface area (Å²) in [6.07, 6.45) is 0.771. The lowest BCUT2D eigenvalue weighted by Gasteiger charge is -2.27. The molecule has 2 aromatic rings. The van der Waals surface area contributed by atoms with Gasteiger partial charge < -0.3 is 33.9 Å². The second-order valence-electron chi connectivity index (χ2n) is 8.84. The normalized spacial score (nSPS) is 16.8. The highest BCUT2D eigenvalue weighted by molar-refractivity contribution is 6.47. The molecule has 206 valence electrons. The first-order chi connectivity index (χ1) is 18.1. The summed E-state index contributed by atoms with van der Waals surface area (Å²) in [5, 5.41) is 11.7. The molecule has 11 heteroatoms. The maximum absolute atomic E-state index is 13.4. The van der Waals surface area contributed by atoms with E-state index in [4.69, 9.17) is 42.1 Å². The van der Waals surface area contributed by atoms with E-state index in [2.05, 4.69) is 0 Å². The van der Waals surface area contributed by atoms with E-state index >= 15 is 0 Å². The van der Waals surface area contributed by atoms with Crippen molar-refractivity contribution < 1.29 is 33.6 Å². The number of amides is 1. The molecule has 9 nitrogen and oxygen atoms in total. The quantitative estimate of drug-likeness (QED) is 0.235. The smallest absolute Gasteiger partial charge is 0.295 e. The van der Waals surface area contributed by atoms with Crippen molar-refractivity contribution in [3.63, 3.8) is 0 Å². The molecule has 0 saturated carbocycles. The van der Waals surface area contributed by atoms with Gasteiger partial charge in [-0.1, -0.05) is 36.2 Å². The molecule has 1 N–H and O–H groups in total. The Hall–Kier alpha value is -3.14. The largest absolute Gasteiger partial charge is 0.507 e. The van der Waals surface area contributed by atoms with Crippen LogP contribution in [0, 0.1) is 0 Å². The van der Waals surface area contributed by atoms with E-state index < -0.39 is 23.5 Å². The molecule has 1 atom stereocenters. The van der Waals surface area contributed by atoms with Gasteiger partial charge in [0.25, 0.3) is 11.7 Å². The van der Waals surface area contributed by atoms with E-state index in [9.17, 15) is 14.7 Å². The number of methoxy groups -OCH3 is 3. The van der Waals surface area contributed by atoms with Crippen molar-refractivity contribution in [2.75, 3.05) is 55.1 Å². The number of aliphatic hydroxyl groups is 1. The molecule has 2 aromatic carbocycles. The van der Waals surface area contributed by atoms with Crippen LogP contribution in [0.5, 0.6) is 23.0 Å². The predicted octanol–water partition coefficient (Wildman–Crippen LogP) is 4.79. The summed E-state index contributed by atoms with van der Waals surface area (Å²) in [5.74, 6) is -0.905. The number of hydrogen-bond acceptors (Lipinski definition) is 8. The molecule has 1 aliphatic heterocycles. The number of halogens is 2. The van der Waals surface area contributed by atoms with E-state index in [0.29, 0.717) is 30.2 Å². The fraction of sp³-hybridized carbons (Fsp3) is 0.407. The summed E-state index contributed by atoms with van der Waals surface area (Å²) in [4.78, 5) is 30.0. The SMILES string of the molecule is CCCOc1cc(C2/C(=C(\O)c3cc(Cl)c(OC)c(Cl)c3OC)C(=O)C(=O)N2CCN(C)C)ccc1OC. The molecular formula is C27H32Cl2N2O7. The van der Waals surface area contributed by atoms with E-state index in [1.54, 1.807) is 18.2 Å². The highest BCUT2D eigenvalue weighted by Gasteiger charge is 2.46. The van der Waals surface area contributed by atoms with Gasteiger partial charge >= 0.3 is 0 Å². The number of benzene rings is 2. The predicted molar refractivity (Wildman–Crippen MR) is 146 cm³/mol. The Bertz CT molecular complexity index is 1250. The number of ether oxygens (including phenoxy) is 4. The molecule has 38 heavy (non-hydrogen) atoms. The third-order valence-corrected chi connectivity index (χ3v) is 6.71. The minimum Gasteiger partial charge on any atom is -0.507 e. The maximum Gasteiger partial charge on any atom is 0.295 e. The van der Waals surface area contributed by atoms with Crippen LogP contribution in [0.3, 0.4) is 0 Å². The molecule has 0 aliphatic carbocycles. The molecule has 1 aliphatic rings. The Morgan fingerprint density at radius 2 is 1.71 bits per heavy atom. The summed E-state index contributed by atoms with van der Waals surface area (Å²) >= 11 is 12.8. The van der Waals surface area contributed by atoms with E-state index in [1.165, 1.54) is 32.3 Å². The van der Waals surface area contributed by atoms with Crippen LogP contribution in [0.15, 0.2) is 29.8 Å². The van der Waals surface area contributed by atoms with Crippen LogP contribution < -0.4 is 18.9 Å². The standard InChI is InChI=1S/C27H32Cl2N2O7/c1-7-12-38-19-13-15(8-9-18(19)35-4)22-20(24(33)27(34)31(22)11-10-30(2)3)23(32)16-14-17(28)26(37-6)21(29)25(16)36-5/h8-9,13-14,22,32H,7,10-12H2,1-6H3/b23-20+. The number of aliphatic hydroxyl groups excluding tert-OH is 1. The summed E-state index contributed by atoms with van der Waals surface area (Å²) in [5.41, 5.74) is 0.479. The lowest BCUT2D eigenvalue weighted by Crippen LogP contribution is -2.35. The monoisotopic (exact) mass is 566 g/mol. The van der Waals surface area contributed by atoms with Crippen LogP contribution in [0.4, 0.5) is 0 Å². The van der Waals surface area contributed by atoms with Crippen molar-refractivity contribution >= 4 is 40.7 Å². The summed E-state index contributed by atoms with van der Waals surface area (Å²) in [7, 11) is 8.01. The highest BCUT2D eigenvalue weighted by atomic mass is 35.5. The fourth-order valence-corrected chi connectivity index (χ4v) is 4.93. The van der Waals surface area contributed by atoms with Crippen LogP contribution in [-0.4, -0.2) is 81.7 Å². The maximum atomic E-state index is 13.4. The molecule has 1 amide bonds. The van der Waals surface area contributed by atoms with Gasteiger partial charge in [0.15, 0.2) is 23.0 Å². The van der Waals surface area contributed by atoms with Crippen LogP contribution in [0.25, 0.3) is 5.76 Å². The molecule has 0 bridgehead atoms. The lowest BCUT2D eigenvalue weighted by atomic mass is 9.94. The average Bonchev–Trinajstić information content (AvgIpc) is 3.14. The fourth-order valence-electron chi connectivity index (χ4n) is 4.24. The van der Waals surface area contributed by atoms with Crippen LogP contribution in [-0.2, 0) is 9.59 Å². The number of hydrogen-bond donors (Lipinski definition) is 1. The lowest BCUT2D eigenvalue weighted by molar-refractivity contribution is -0.140. The zero-order valence-corrected chi connectivity index (χ0v) is 23.8. The molecule has 0 radical (unpaired) electrons. The van der Waals surface area contributed by atoms with Crippen LogP contribution in [0.1, 0.15) is 30.5 Å². The van der Waals surface area contributed by atoms with E-state index in [1.807, 2.05) is 25.9 Å². The Morgan fingerprint density at radius 3 is 2.29 bits per heavy atom. The zero-order chi connectivity index (χ0) is 28.1. The third-order valence-electron chi connectivity index (χ3n) is 6.09. The summed E-state index contributed by atoms with van der Waals surface area (Å²) in [6, 6.07) is 5.61. The van der Waals surface area contributed by atoms with Gasteiger partial charge in [0.1, 0.15) is 10.8 Å². The average molecular weight is 567 g/mol. The van der Waals surface area contributed by atoms with Gasteiger partial charge in [0.05, 0.1) is 50.1 Å². The minimum atomic E-state index is -0.922. The second kappa shape index (κ2) is 12.6. The van der Waals surface area contributed by atoms with Gasteiger partial charge in [-0.15, -0.1) is 0 Å². The number of ketones is 1. The highest BCUT2D eigenvalue weighted by Crippen LogP contribution is 2.47. The number of Topliss-reactive ketones (excluding diaryl/α,β-unsaturated/α-hetero) is 1. The Labute approximate surface area is 232 Å². The molecule has 1 fully saturated rings. The topological polar surface area (TPSA) is 97.8 Å². The van der Waals surface area contributed by atoms with Gasteiger partial charge in [0.2, 0.25) is 0 Å². The number of carbonyl (C=O) groups is 2. The summed E-state index contributed by atoms with van der Waals surface area (Å²) < 4.78 is 22.0. The molecule has 1 unspecified atom stereocenters. The van der Waals surface area contributed by atoms with Crippen molar-refractivity contribution in [3.8, 4) is 23.0 Å². The number of likely N-dealkylation sites (N-methyl/N-ethyl adjacent to an activating group) is 1. The molecule has 3 rings (SSSR count). The van der Waals surface area contributed by atoms with E-state index in [0.717, 1.165) is 6.42 Å². The van der Waals surface area contributed by atoms with Gasteiger partial charge in [-0.25, -0.2) is 0 Å². The molecule has 1 saturated heterocycles. The molecular weight excluding hydrogens is 535 g/mol. The minimum absolute atomic E-state index is 0.0159.